The quantitative estimate of drug-likeness (QED) is 0.199. The van der Waals surface area contributed by atoms with E-state index in [1.165, 1.54) is 33.4 Å². The number of rotatable bonds is 11. The molecule has 3 rings (SSSR count). The van der Waals surface area contributed by atoms with Crippen molar-refractivity contribution >= 4 is 34.8 Å². The number of para-hydroxylation sites is 1. The van der Waals surface area contributed by atoms with E-state index in [-0.39, 0.29) is 11.8 Å². The van der Waals surface area contributed by atoms with E-state index in [9.17, 15) is 0 Å². The fourth-order valence-corrected chi connectivity index (χ4v) is 5.68. The summed E-state index contributed by atoms with van der Waals surface area (Å²) < 4.78 is 0. The van der Waals surface area contributed by atoms with Crippen LogP contribution in [0.15, 0.2) is 62.4 Å². The van der Waals surface area contributed by atoms with Crippen molar-refractivity contribution in [2.75, 3.05) is 0 Å². The number of benzene rings is 3. The Morgan fingerprint density at radius 3 is 1.52 bits per heavy atom. The minimum absolute atomic E-state index is 0.185. The van der Waals surface area contributed by atoms with Gasteiger partial charge >= 0.3 is 0 Å². The molecule has 0 aliphatic carbocycles. The first-order chi connectivity index (χ1) is 20.8. The van der Waals surface area contributed by atoms with Crippen molar-refractivity contribution in [3.8, 4) is 0 Å². The Balaban J connectivity index is 2.29. The van der Waals surface area contributed by atoms with Gasteiger partial charge in [-0.2, -0.15) is 20.0 Å². The molecule has 3 aromatic rings. The standard InChI is InChI=1S/C40H54N4/c1-14-30-20-35(28(10)11)40(44-23-43-39-33(26(6)7)16-15-17-34(39)27(8)9)37(29(12)13)38(30)42-22-41-36-21-31(24(2)3)18-19-32(36)25(4)5/h15-21,24-29H,14H2,1-13H3. The Kier molecular flexibility index (Phi) is 12.2. The number of aliphatic imine (C=N–C) groups is 4. The van der Waals surface area contributed by atoms with Crippen molar-refractivity contribution in [3.05, 3.63) is 81.4 Å². The zero-order valence-electron chi connectivity index (χ0n) is 29.5. The van der Waals surface area contributed by atoms with Gasteiger partial charge < -0.3 is 0 Å². The molecular weight excluding hydrogens is 536 g/mol. The van der Waals surface area contributed by atoms with Gasteiger partial charge in [0.15, 0.2) is 0 Å². The zero-order valence-corrected chi connectivity index (χ0v) is 29.5. The monoisotopic (exact) mass is 590 g/mol. The van der Waals surface area contributed by atoms with E-state index in [4.69, 9.17) is 20.0 Å². The lowest BCUT2D eigenvalue weighted by atomic mass is 9.88. The molecule has 44 heavy (non-hydrogen) atoms. The number of hydrogen-bond donors (Lipinski definition) is 0. The van der Waals surface area contributed by atoms with Crippen LogP contribution in [0.1, 0.15) is 164 Å². The summed E-state index contributed by atoms with van der Waals surface area (Å²) in [5.41, 5.74) is 12.1. The summed E-state index contributed by atoms with van der Waals surface area (Å²) in [4.78, 5) is 19.6. The molecule has 4 nitrogen and oxygen atoms in total. The van der Waals surface area contributed by atoms with E-state index < -0.39 is 0 Å². The van der Waals surface area contributed by atoms with E-state index in [2.05, 4.69) is 144 Å². The maximum absolute atomic E-state index is 4.98. The molecule has 3 aromatic carbocycles. The maximum Gasteiger partial charge on any atom is 0.101 e. The molecule has 0 atom stereocenters. The molecule has 0 spiro atoms. The van der Waals surface area contributed by atoms with Gasteiger partial charge in [-0.3, -0.25) is 0 Å². The zero-order chi connectivity index (χ0) is 32.7. The van der Waals surface area contributed by atoms with E-state index in [1.54, 1.807) is 0 Å². The molecular formula is C40H54N4. The molecule has 0 N–H and O–H groups in total. The van der Waals surface area contributed by atoms with Gasteiger partial charge in [0.25, 0.3) is 0 Å². The highest BCUT2D eigenvalue weighted by atomic mass is 14.9. The summed E-state index contributed by atoms with van der Waals surface area (Å²) in [5, 5.41) is 0. The molecule has 234 valence electrons. The lowest BCUT2D eigenvalue weighted by Crippen LogP contribution is -2.00. The van der Waals surface area contributed by atoms with Crippen LogP contribution < -0.4 is 0 Å². The van der Waals surface area contributed by atoms with Crippen LogP contribution in [0.4, 0.5) is 22.7 Å². The maximum atomic E-state index is 4.98. The highest BCUT2D eigenvalue weighted by molar-refractivity contribution is 5.76. The summed E-state index contributed by atoms with van der Waals surface area (Å²) in [6.45, 7) is 28.7. The molecule has 0 bridgehead atoms. The molecule has 0 unspecified atom stereocenters. The highest BCUT2D eigenvalue weighted by Gasteiger charge is 2.21. The van der Waals surface area contributed by atoms with Crippen LogP contribution in [0.25, 0.3) is 0 Å². The summed E-state index contributed by atoms with van der Waals surface area (Å²) in [7, 11) is 0. The van der Waals surface area contributed by atoms with Gasteiger partial charge in [0.1, 0.15) is 12.0 Å². The highest BCUT2D eigenvalue weighted by Crippen LogP contribution is 2.44. The Labute approximate surface area is 267 Å². The summed E-state index contributed by atoms with van der Waals surface area (Å²) in [6.07, 6.45) is 0.859. The average molecular weight is 591 g/mol. The molecule has 4 heteroatoms. The van der Waals surface area contributed by atoms with Crippen LogP contribution in [0.2, 0.25) is 0 Å². The lowest BCUT2D eigenvalue weighted by molar-refractivity contribution is 0.829. The Bertz CT molecular complexity index is 1550. The average Bonchev–Trinajstić information content (AvgIpc) is 2.96. The minimum atomic E-state index is 0.185. The molecule has 0 aliphatic heterocycles. The number of nitrogens with zero attached hydrogens (tertiary/aromatic N) is 4. The SMILES string of the molecule is CCc1cc(C(C)C)c(N=C=Nc2c(C(C)C)cccc2C(C)C)c(C(C)C)c1N=C=Nc1cc(C(C)C)ccc1C(C)C. The number of aryl methyl sites for hydroxylation is 1. The summed E-state index contributed by atoms with van der Waals surface area (Å²) in [6, 6.07) is 21.6. The molecule has 0 fully saturated rings. The van der Waals surface area contributed by atoms with Crippen LogP contribution in [0, 0.1) is 0 Å². The van der Waals surface area contributed by atoms with Gasteiger partial charge in [-0.1, -0.05) is 126 Å². The first-order valence-corrected chi connectivity index (χ1v) is 16.6. The molecule has 0 radical (unpaired) electrons. The van der Waals surface area contributed by atoms with Crippen molar-refractivity contribution in [1.82, 2.24) is 0 Å². The smallest absolute Gasteiger partial charge is 0.101 e. The van der Waals surface area contributed by atoms with Gasteiger partial charge in [0, 0.05) is 5.56 Å². The first-order valence-electron chi connectivity index (χ1n) is 16.6. The van der Waals surface area contributed by atoms with Gasteiger partial charge in [-0.25, -0.2) is 0 Å². The molecule has 0 saturated carbocycles. The minimum Gasteiger partial charge on any atom is -0.187 e. The molecule has 0 aliphatic rings. The molecule has 0 saturated heterocycles. The van der Waals surface area contributed by atoms with E-state index in [0.29, 0.717) is 23.7 Å². The second-order valence-corrected chi connectivity index (χ2v) is 13.8. The largest absolute Gasteiger partial charge is 0.187 e. The van der Waals surface area contributed by atoms with Crippen LogP contribution >= 0.6 is 0 Å². The Morgan fingerprint density at radius 1 is 0.500 bits per heavy atom. The van der Waals surface area contributed by atoms with Crippen molar-refractivity contribution in [2.45, 2.75) is 132 Å². The topological polar surface area (TPSA) is 49.4 Å². The van der Waals surface area contributed by atoms with Crippen molar-refractivity contribution in [3.63, 3.8) is 0 Å². The van der Waals surface area contributed by atoms with Gasteiger partial charge in [0.05, 0.1) is 22.7 Å². The fraction of sp³-hybridized carbons (Fsp3) is 0.500. The first kappa shape index (κ1) is 34.9. The van der Waals surface area contributed by atoms with E-state index in [1.807, 2.05) is 0 Å². The van der Waals surface area contributed by atoms with Gasteiger partial charge in [0.2, 0.25) is 0 Å². The third-order valence-electron chi connectivity index (χ3n) is 8.34. The van der Waals surface area contributed by atoms with Crippen LogP contribution in [0.5, 0.6) is 0 Å². The molecule has 0 aromatic heterocycles. The van der Waals surface area contributed by atoms with Crippen molar-refractivity contribution in [2.24, 2.45) is 20.0 Å². The summed E-state index contributed by atoms with van der Waals surface area (Å²) in [5.74, 6) is 1.96. The second kappa shape index (κ2) is 15.4. The van der Waals surface area contributed by atoms with E-state index >= 15 is 0 Å². The predicted octanol–water partition coefficient (Wildman–Crippen LogP) is 13.3. The van der Waals surface area contributed by atoms with Crippen LogP contribution in [0.3, 0.4) is 0 Å². The predicted molar refractivity (Wildman–Crippen MR) is 192 cm³/mol. The third-order valence-corrected chi connectivity index (χ3v) is 8.34. The van der Waals surface area contributed by atoms with Crippen LogP contribution in [-0.4, -0.2) is 12.0 Å². The molecule has 0 heterocycles. The number of hydrogen-bond acceptors (Lipinski definition) is 4. The normalized spacial score (nSPS) is 11.5. The third kappa shape index (κ3) is 8.12. The lowest BCUT2D eigenvalue weighted by Gasteiger charge is -2.20. The van der Waals surface area contributed by atoms with Crippen molar-refractivity contribution in [1.29, 1.82) is 0 Å². The Hall–Kier alpha value is -3.58. The van der Waals surface area contributed by atoms with Crippen LogP contribution in [-0.2, 0) is 6.42 Å². The Morgan fingerprint density at radius 2 is 1.02 bits per heavy atom. The molecule has 0 amide bonds. The van der Waals surface area contributed by atoms with E-state index in [0.717, 1.165) is 34.7 Å². The second-order valence-electron chi connectivity index (χ2n) is 13.8. The van der Waals surface area contributed by atoms with Crippen molar-refractivity contribution < 1.29 is 0 Å². The summed E-state index contributed by atoms with van der Waals surface area (Å²) >= 11 is 0. The van der Waals surface area contributed by atoms with Gasteiger partial charge in [-0.05, 0) is 81.4 Å². The van der Waals surface area contributed by atoms with Gasteiger partial charge in [-0.15, -0.1) is 0 Å². The fourth-order valence-electron chi connectivity index (χ4n) is 5.68.